The molecule has 17 heavy (non-hydrogen) atoms. The molecule has 1 aromatic rings. The van der Waals surface area contributed by atoms with Crippen molar-refractivity contribution in [1.29, 1.82) is 0 Å². The van der Waals surface area contributed by atoms with E-state index < -0.39 is 0 Å². The molecule has 0 spiro atoms. The summed E-state index contributed by atoms with van der Waals surface area (Å²) in [5.41, 5.74) is 1.13. The van der Waals surface area contributed by atoms with Gasteiger partial charge in [-0.2, -0.15) is 0 Å². The molecule has 3 nitrogen and oxygen atoms in total. The van der Waals surface area contributed by atoms with Crippen molar-refractivity contribution in [2.24, 2.45) is 0 Å². The van der Waals surface area contributed by atoms with E-state index in [9.17, 15) is 9.59 Å². The molecule has 1 heterocycles. The fourth-order valence-electron chi connectivity index (χ4n) is 1.64. The monoisotopic (exact) mass is 227 g/mol. The summed E-state index contributed by atoms with van der Waals surface area (Å²) in [5.74, 6) is 0.00894. The van der Waals surface area contributed by atoms with Gasteiger partial charge in [-0.1, -0.05) is 36.4 Å². The SMILES string of the molecule is O=C(Cc1cccc(=O)[nH]1)C1=CC=CCC=C1. The molecule has 0 aliphatic heterocycles. The predicted molar refractivity (Wildman–Crippen MR) is 66.8 cm³/mol. The topological polar surface area (TPSA) is 49.9 Å². The van der Waals surface area contributed by atoms with Gasteiger partial charge in [0.2, 0.25) is 5.56 Å². The molecule has 0 saturated carbocycles. The first-order valence-electron chi connectivity index (χ1n) is 5.50. The van der Waals surface area contributed by atoms with Crippen molar-refractivity contribution in [3.8, 4) is 0 Å². The van der Waals surface area contributed by atoms with Crippen molar-refractivity contribution < 1.29 is 4.79 Å². The molecule has 86 valence electrons. The summed E-state index contributed by atoms with van der Waals surface area (Å²) >= 11 is 0. The number of pyridine rings is 1. The summed E-state index contributed by atoms with van der Waals surface area (Å²) in [6.07, 6.45) is 10.5. The summed E-state index contributed by atoms with van der Waals surface area (Å²) in [7, 11) is 0. The molecule has 0 bridgehead atoms. The highest BCUT2D eigenvalue weighted by molar-refractivity contribution is 5.99. The zero-order valence-corrected chi connectivity index (χ0v) is 9.35. The van der Waals surface area contributed by atoms with Crippen LogP contribution >= 0.6 is 0 Å². The maximum absolute atomic E-state index is 12.0. The highest BCUT2D eigenvalue weighted by atomic mass is 16.1. The first kappa shape index (κ1) is 11.3. The lowest BCUT2D eigenvalue weighted by Crippen LogP contribution is -2.11. The van der Waals surface area contributed by atoms with Crippen LogP contribution in [0, 0.1) is 0 Å². The molecule has 1 aromatic heterocycles. The standard InChI is InChI=1S/C14H13NO2/c16-13(11-6-3-1-2-4-7-11)10-12-8-5-9-14(17)15-12/h1,3-9H,2,10H2,(H,15,17). The Labute approximate surface area is 99.2 Å². The molecule has 0 atom stereocenters. The van der Waals surface area contributed by atoms with Crippen molar-refractivity contribution in [3.63, 3.8) is 0 Å². The number of aromatic nitrogens is 1. The summed E-state index contributed by atoms with van der Waals surface area (Å²) in [6, 6.07) is 4.83. The Kier molecular flexibility index (Phi) is 3.50. The van der Waals surface area contributed by atoms with Crippen LogP contribution in [0.4, 0.5) is 0 Å². The number of carbonyl (C=O) groups excluding carboxylic acids is 1. The van der Waals surface area contributed by atoms with E-state index in [1.165, 1.54) is 6.07 Å². The van der Waals surface area contributed by atoms with Crippen LogP contribution in [0.25, 0.3) is 0 Å². The number of carbonyl (C=O) groups is 1. The lowest BCUT2D eigenvalue weighted by atomic mass is 10.1. The van der Waals surface area contributed by atoms with Crippen LogP contribution in [0.15, 0.2) is 58.9 Å². The van der Waals surface area contributed by atoms with Crippen molar-refractivity contribution in [2.75, 3.05) is 0 Å². The Balaban J connectivity index is 2.14. The molecule has 2 rings (SSSR count). The fourth-order valence-corrected chi connectivity index (χ4v) is 1.64. The van der Waals surface area contributed by atoms with Crippen molar-refractivity contribution in [1.82, 2.24) is 4.98 Å². The number of hydrogen-bond donors (Lipinski definition) is 1. The number of nitrogens with one attached hydrogen (secondary N) is 1. The fraction of sp³-hybridized carbons (Fsp3) is 0.143. The van der Waals surface area contributed by atoms with Gasteiger partial charge >= 0.3 is 0 Å². The zero-order valence-electron chi connectivity index (χ0n) is 9.35. The number of rotatable bonds is 3. The normalized spacial score (nSPS) is 14.2. The van der Waals surface area contributed by atoms with Crippen LogP contribution in [0.5, 0.6) is 0 Å². The van der Waals surface area contributed by atoms with Gasteiger partial charge in [0.25, 0.3) is 0 Å². The van der Waals surface area contributed by atoms with Crippen LogP contribution in [0.2, 0.25) is 0 Å². The van der Waals surface area contributed by atoms with Crippen molar-refractivity contribution in [3.05, 3.63) is 70.2 Å². The molecule has 3 heteroatoms. The number of ketones is 1. The minimum absolute atomic E-state index is 0.00894. The highest BCUT2D eigenvalue weighted by Crippen LogP contribution is 2.08. The minimum atomic E-state index is -0.180. The summed E-state index contributed by atoms with van der Waals surface area (Å²) < 4.78 is 0. The summed E-state index contributed by atoms with van der Waals surface area (Å²) in [4.78, 5) is 25.7. The van der Waals surface area contributed by atoms with Crippen LogP contribution in [0.3, 0.4) is 0 Å². The first-order valence-corrected chi connectivity index (χ1v) is 5.50. The van der Waals surface area contributed by atoms with Gasteiger partial charge in [0.1, 0.15) is 0 Å². The van der Waals surface area contributed by atoms with E-state index in [-0.39, 0.29) is 17.8 Å². The third kappa shape index (κ3) is 3.14. The van der Waals surface area contributed by atoms with Gasteiger partial charge in [-0.05, 0) is 12.5 Å². The molecule has 0 saturated heterocycles. The van der Waals surface area contributed by atoms with Crippen LogP contribution in [-0.4, -0.2) is 10.8 Å². The third-order valence-electron chi connectivity index (χ3n) is 2.48. The van der Waals surface area contributed by atoms with E-state index in [0.717, 1.165) is 6.42 Å². The van der Waals surface area contributed by atoms with Gasteiger partial charge in [-0.3, -0.25) is 9.59 Å². The van der Waals surface area contributed by atoms with E-state index in [4.69, 9.17) is 0 Å². The maximum Gasteiger partial charge on any atom is 0.248 e. The number of aromatic amines is 1. The average molecular weight is 227 g/mol. The molecule has 0 unspecified atom stereocenters. The van der Waals surface area contributed by atoms with E-state index >= 15 is 0 Å². The van der Waals surface area contributed by atoms with E-state index in [1.54, 1.807) is 18.2 Å². The van der Waals surface area contributed by atoms with Gasteiger partial charge in [0.15, 0.2) is 5.78 Å². The zero-order chi connectivity index (χ0) is 12.1. The number of allylic oxidation sites excluding steroid dienone is 6. The van der Waals surface area contributed by atoms with Crippen molar-refractivity contribution >= 4 is 5.78 Å². The van der Waals surface area contributed by atoms with Crippen LogP contribution in [-0.2, 0) is 11.2 Å². The second-order valence-corrected chi connectivity index (χ2v) is 3.83. The molecule has 1 aliphatic rings. The van der Waals surface area contributed by atoms with Gasteiger partial charge < -0.3 is 4.98 Å². The molecule has 0 amide bonds. The average Bonchev–Trinajstić information content (AvgIpc) is 2.57. The molecule has 0 radical (unpaired) electrons. The molecule has 0 aromatic carbocycles. The van der Waals surface area contributed by atoms with Crippen LogP contribution < -0.4 is 5.56 Å². The molecular formula is C14H13NO2. The van der Waals surface area contributed by atoms with Gasteiger partial charge in [-0.15, -0.1) is 0 Å². The molecule has 1 N–H and O–H groups in total. The largest absolute Gasteiger partial charge is 0.326 e. The first-order chi connectivity index (χ1) is 8.25. The van der Waals surface area contributed by atoms with Crippen LogP contribution in [0.1, 0.15) is 12.1 Å². The number of hydrogen-bond acceptors (Lipinski definition) is 2. The molecular weight excluding hydrogens is 214 g/mol. The van der Waals surface area contributed by atoms with Gasteiger partial charge in [0, 0.05) is 17.3 Å². The lowest BCUT2D eigenvalue weighted by Gasteiger charge is -2.01. The third-order valence-corrected chi connectivity index (χ3v) is 2.48. The molecule has 1 aliphatic carbocycles. The lowest BCUT2D eigenvalue weighted by molar-refractivity contribution is -0.114. The second-order valence-electron chi connectivity index (χ2n) is 3.83. The Morgan fingerprint density at radius 1 is 1.29 bits per heavy atom. The Morgan fingerprint density at radius 2 is 2.18 bits per heavy atom. The van der Waals surface area contributed by atoms with Crippen molar-refractivity contribution in [2.45, 2.75) is 12.8 Å². The highest BCUT2D eigenvalue weighted by Gasteiger charge is 2.08. The van der Waals surface area contributed by atoms with E-state index in [0.29, 0.717) is 11.3 Å². The summed E-state index contributed by atoms with van der Waals surface area (Å²) in [6.45, 7) is 0. The quantitative estimate of drug-likeness (QED) is 0.857. The Hall–Kier alpha value is -2.16. The Morgan fingerprint density at radius 3 is 3.00 bits per heavy atom. The predicted octanol–water partition coefficient (Wildman–Crippen LogP) is 1.93. The maximum atomic E-state index is 12.0. The minimum Gasteiger partial charge on any atom is -0.326 e. The number of Topliss-reactive ketones (excluding diaryl/α,β-unsaturated/α-hetero) is 1. The second kappa shape index (κ2) is 5.25. The van der Waals surface area contributed by atoms with Gasteiger partial charge in [0.05, 0.1) is 6.42 Å². The van der Waals surface area contributed by atoms with E-state index in [1.807, 2.05) is 24.3 Å². The molecule has 0 fully saturated rings. The summed E-state index contributed by atoms with van der Waals surface area (Å²) in [5, 5.41) is 0. The Bertz CT molecular complexity index is 562. The number of H-pyrrole nitrogens is 1. The smallest absolute Gasteiger partial charge is 0.248 e. The van der Waals surface area contributed by atoms with E-state index in [2.05, 4.69) is 4.98 Å². The van der Waals surface area contributed by atoms with Gasteiger partial charge in [-0.25, -0.2) is 0 Å².